The lowest BCUT2D eigenvalue weighted by Crippen LogP contribution is -2.35. The van der Waals surface area contributed by atoms with Crippen LogP contribution in [-0.4, -0.2) is 42.8 Å². The second kappa shape index (κ2) is 7.65. The number of rotatable bonds is 5. The Bertz CT molecular complexity index is 913. The van der Waals surface area contributed by atoms with E-state index in [0.29, 0.717) is 24.1 Å². The molecule has 3 rings (SSSR count). The van der Waals surface area contributed by atoms with E-state index in [9.17, 15) is 18.0 Å². The summed E-state index contributed by atoms with van der Waals surface area (Å²) in [5, 5.41) is 5.51. The first-order chi connectivity index (χ1) is 12.4. The summed E-state index contributed by atoms with van der Waals surface area (Å²) < 4.78 is 23.0. The highest BCUT2D eigenvalue weighted by Crippen LogP contribution is 2.13. The van der Waals surface area contributed by atoms with Gasteiger partial charge in [0.25, 0.3) is 11.8 Å². The van der Waals surface area contributed by atoms with Crippen molar-refractivity contribution in [3.8, 4) is 0 Å². The van der Waals surface area contributed by atoms with Gasteiger partial charge < -0.3 is 10.6 Å². The van der Waals surface area contributed by atoms with Crippen molar-refractivity contribution < 1.29 is 18.0 Å². The summed E-state index contributed by atoms with van der Waals surface area (Å²) in [5.74, 6) is -0.615. The van der Waals surface area contributed by atoms with Crippen molar-refractivity contribution in [1.29, 1.82) is 0 Å². The van der Waals surface area contributed by atoms with E-state index in [2.05, 4.69) is 15.6 Å². The lowest BCUT2D eigenvalue weighted by atomic mass is 10.1. The molecule has 0 radical (unpaired) electrons. The predicted molar refractivity (Wildman–Crippen MR) is 96.4 cm³/mol. The summed E-state index contributed by atoms with van der Waals surface area (Å²) in [6.45, 7) is 0.359. The number of sulfone groups is 1. The maximum atomic E-state index is 12.3. The van der Waals surface area contributed by atoms with Crippen LogP contribution in [0.2, 0.25) is 0 Å². The van der Waals surface area contributed by atoms with E-state index in [0.717, 1.165) is 5.56 Å². The molecule has 1 aromatic carbocycles. The molecule has 0 spiro atoms. The number of hydrogen-bond donors (Lipinski definition) is 2. The highest BCUT2D eigenvalue weighted by Gasteiger charge is 2.29. The fourth-order valence-electron chi connectivity index (χ4n) is 2.76. The molecule has 0 bridgehead atoms. The molecule has 1 atom stereocenters. The largest absolute Gasteiger partial charge is 0.348 e. The summed E-state index contributed by atoms with van der Waals surface area (Å²) in [4.78, 5) is 28.5. The van der Waals surface area contributed by atoms with Gasteiger partial charge in [0, 0.05) is 36.1 Å². The van der Waals surface area contributed by atoms with Crippen LogP contribution < -0.4 is 10.6 Å². The van der Waals surface area contributed by atoms with Crippen molar-refractivity contribution in [3.63, 3.8) is 0 Å². The number of aromatic nitrogens is 1. The van der Waals surface area contributed by atoms with Crippen LogP contribution in [0.4, 0.5) is 0 Å². The van der Waals surface area contributed by atoms with Crippen LogP contribution in [-0.2, 0) is 16.4 Å². The summed E-state index contributed by atoms with van der Waals surface area (Å²) in [6.07, 6.45) is 3.71. The minimum absolute atomic E-state index is 0.0369. The first kappa shape index (κ1) is 18.1. The average molecular weight is 373 g/mol. The molecule has 2 heterocycles. The van der Waals surface area contributed by atoms with E-state index in [1.165, 1.54) is 6.07 Å². The molecule has 2 N–H and O–H groups in total. The molecule has 7 nitrogen and oxygen atoms in total. The van der Waals surface area contributed by atoms with Gasteiger partial charge in [0.15, 0.2) is 9.84 Å². The lowest BCUT2D eigenvalue weighted by Gasteiger charge is -2.11. The quantitative estimate of drug-likeness (QED) is 0.811. The Morgan fingerprint density at radius 3 is 2.42 bits per heavy atom. The fourth-order valence-corrected chi connectivity index (χ4v) is 4.44. The van der Waals surface area contributed by atoms with E-state index in [1.54, 1.807) is 42.7 Å². The molecule has 1 unspecified atom stereocenters. The number of pyridine rings is 1. The maximum absolute atomic E-state index is 12.3. The number of carbonyl (C=O) groups excluding carboxylic acids is 2. The monoisotopic (exact) mass is 373 g/mol. The predicted octanol–water partition coefficient (Wildman–Crippen LogP) is 0.928. The van der Waals surface area contributed by atoms with Gasteiger partial charge in [0.1, 0.15) is 0 Å². The van der Waals surface area contributed by atoms with Gasteiger partial charge in [0.05, 0.1) is 11.5 Å². The molecule has 1 fully saturated rings. The van der Waals surface area contributed by atoms with Crippen LogP contribution in [0.15, 0.2) is 48.8 Å². The van der Waals surface area contributed by atoms with Crippen LogP contribution in [0.1, 0.15) is 32.7 Å². The number of benzene rings is 1. The highest BCUT2D eigenvalue weighted by molar-refractivity contribution is 7.91. The molecule has 1 saturated heterocycles. The molecule has 2 amide bonds. The smallest absolute Gasteiger partial charge is 0.251 e. The molecule has 0 saturated carbocycles. The zero-order valence-corrected chi connectivity index (χ0v) is 14.8. The molecular formula is C18H19N3O4S. The lowest BCUT2D eigenvalue weighted by molar-refractivity contribution is 0.0941. The maximum Gasteiger partial charge on any atom is 0.251 e. The topological polar surface area (TPSA) is 105 Å². The second-order valence-electron chi connectivity index (χ2n) is 6.19. The average Bonchev–Trinajstić information content (AvgIpc) is 2.99. The van der Waals surface area contributed by atoms with Gasteiger partial charge in [-0.3, -0.25) is 14.6 Å². The molecular weight excluding hydrogens is 354 g/mol. The first-order valence-electron chi connectivity index (χ1n) is 8.21. The molecule has 1 aromatic heterocycles. The van der Waals surface area contributed by atoms with Crippen LogP contribution in [0, 0.1) is 0 Å². The Hall–Kier alpha value is -2.74. The van der Waals surface area contributed by atoms with Crippen molar-refractivity contribution in [2.45, 2.75) is 19.0 Å². The SMILES string of the molecule is O=C(NCc1ccncc1)c1cccc(C(=O)NC2CCS(=O)(=O)C2)c1. The van der Waals surface area contributed by atoms with Gasteiger partial charge in [-0.05, 0) is 42.3 Å². The third-order valence-corrected chi connectivity index (χ3v) is 5.92. The zero-order chi connectivity index (χ0) is 18.6. The van der Waals surface area contributed by atoms with E-state index in [-0.39, 0.29) is 29.4 Å². The van der Waals surface area contributed by atoms with Crippen LogP contribution in [0.3, 0.4) is 0 Å². The van der Waals surface area contributed by atoms with Crippen molar-refractivity contribution in [1.82, 2.24) is 15.6 Å². The summed E-state index contributed by atoms with van der Waals surface area (Å²) in [7, 11) is -3.06. The van der Waals surface area contributed by atoms with Crippen LogP contribution in [0.5, 0.6) is 0 Å². The van der Waals surface area contributed by atoms with E-state index >= 15 is 0 Å². The summed E-state index contributed by atoms with van der Waals surface area (Å²) in [5.41, 5.74) is 1.61. The van der Waals surface area contributed by atoms with E-state index in [4.69, 9.17) is 0 Å². The van der Waals surface area contributed by atoms with Gasteiger partial charge in [0.2, 0.25) is 0 Å². The van der Waals surface area contributed by atoms with E-state index in [1.807, 2.05) is 0 Å². The molecule has 136 valence electrons. The molecule has 0 aliphatic carbocycles. The van der Waals surface area contributed by atoms with Crippen molar-refractivity contribution in [3.05, 3.63) is 65.5 Å². The normalized spacial score (nSPS) is 18.2. The number of hydrogen-bond acceptors (Lipinski definition) is 5. The Kier molecular flexibility index (Phi) is 5.32. The Morgan fingerprint density at radius 2 is 1.77 bits per heavy atom. The summed E-state index contributed by atoms with van der Waals surface area (Å²) >= 11 is 0. The molecule has 8 heteroatoms. The van der Waals surface area contributed by atoms with Crippen molar-refractivity contribution >= 4 is 21.7 Å². The van der Waals surface area contributed by atoms with Gasteiger partial charge in [-0.25, -0.2) is 8.42 Å². The third-order valence-electron chi connectivity index (χ3n) is 4.16. The minimum Gasteiger partial charge on any atom is -0.348 e. The Morgan fingerprint density at radius 1 is 1.08 bits per heavy atom. The van der Waals surface area contributed by atoms with Crippen LogP contribution >= 0.6 is 0 Å². The molecule has 26 heavy (non-hydrogen) atoms. The zero-order valence-electron chi connectivity index (χ0n) is 14.0. The number of amides is 2. The Labute approximate surface area is 151 Å². The molecule has 1 aliphatic rings. The van der Waals surface area contributed by atoms with Crippen molar-refractivity contribution in [2.75, 3.05) is 11.5 Å². The fraction of sp³-hybridized carbons (Fsp3) is 0.278. The van der Waals surface area contributed by atoms with Gasteiger partial charge in [-0.15, -0.1) is 0 Å². The van der Waals surface area contributed by atoms with Crippen molar-refractivity contribution in [2.24, 2.45) is 0 Å². The second-order valence-corrected chi connectivity index (χ2v) is 8.42. The van der Waals surface area contributed by atoms with Gasteiger partial charge >= 0.3 is 0 Å². The number of nitrogens with zero attached hydrogens (tertiary/aromatic N) is 1. The van der Waals surface area contributed by atoms with E-state index < -0.39 is 9.84 Å². The van der Waals surface area contributed by atoms with Gasteiger partial charge in [-0.1, -0.05) is 6.07 Å². The third kappa shape index (κ3) is 4.66. The highest BCUT2D eigenvalue weighted by atomic mass is 32.2. The minimum atomic E-state index is -3.06. The van der Waals surface area contributed by atoms with Gasteiger partial charge in [-0.2, -0.15) is 0 Å². The van der Waals surface area contributed by atoms with Crippen LogP contribution in [0.25, 0.3) is 0 Å². The molecule has 2 aromatic rings. The standard InChI is InChI=1S/C18H19N3O4S/c22-17(20-11-13-4-7-19-8-5-13)14-2-1-3-15(10-14)18(23)21-16-6-9-26(24,25)12-16/h1-5,7-8,10,16H,6,9,11-12H2,(H,20,22)(H,21,23). The first-order valence-corrected chi connectivity index (χ1v) is 10.0. The number of carbonyl (C=O) groups is 2. The number of nitrogens with one attached hydrogen (secondary N) is 2. The summed E-state index contributed by atoms with van der Waals surface area (Å²) in [6, 6.07) is 9.58. The Balaban J connectivity index is 1.62. The molecule has 1 aliphatic heterocycles.